The van der Waals surface area contributed by atoms with E-state index in [1.165, 1.54) is 0 Å². The standard InChI is InChI=1S/CH3BrO2/c2-1(3)4/h1,3-4H. The number of rotatable bonds is 0. The van der Waals surface area contributed by atoms with Crippen LogP contribution < -0.4 is 0 Å². The molecular weight excluding hydrogens is 124 g/mol. The third kappa shape index (κ3) is 29.4. The molecule has 26 valence electrons. The van der Waals surface area contributed by atoms with Gasteiger partial charge in [0.2, 0.25) is 5.20 Å². The van der Waals surface area contributed by atoms with Crippen molar-refractivity contribution in [2.24, 2.45) is 0 Å². The summed E-state index contributed by atoms with van der Waals surface area (Å²) in [6, 6.07) is 0. The molecule has 4 heavy (non-hydrogen) atoms. The van der Waals surface area contributed by atoms with Crippen molar-refractivity contribution in [3.63, 3.8) is 0 Å². The van der Waals surface area contributed by atoms with Gasteiger partial charge < -0.3 is 10.2 Å². The highest BCUT2D eigenvalue weighted by atomic mass is 79.9. The van der Waals surface area contributed by atoms with Crippen LogP contribution in [0.4, 0.5) is 0 Å². The molecule has 0 aromatic rings. The maximum Gasteiger partial charge on any atom is 0.210 e. The zero-order valence-corrected chi connectivity index (χ0v) is 3.44. The Kier molecular flexibility index (Phi) is 1.86. The Morgan fingerprint density at radius 3 is 1.50 bits per heavy atom. The molecule has 0 fully saturated rings. The highest BCUT2D eigenvalue weighted by Crippen LogP contribution is 1.80. The molecule has 0 unspecified atom stereocenters. The SMILES string of the molecule is OC(O)Br. The Morgan fingerprint density at radius 2 is 1.50 bits per heavy atom. The molecule has 0 aliphatic heterocycles. The summed E-state index contributed by atoms with van der Waals surface area (Å²) in [6.45, 7) is 0. The van der Waals surface area contributed by atoms with E-state index in [2.05, 4.69) is 15.9 Å². The number of hydrogen-bond acceptors (Lipinski definition) is 2. The van der Waals surface area contributed by atoms with E-state index < -0.39 is 5.20 Å². The van der Waals surface area contributed by atoms with Gasteiger partial charge in [-0.15, -0.1) is 0 Å². The molecular formula is CH3BrO2. The largest absolute Gasteiger partial charge is 0.359 e. The van der Waals surface area contributed by atoms with Crippen LogP contribution >= 0.6 is 15.9 Å². The number of hydrogen-bond donors (Lipinski definition) is 2. The van der Waals surface area contributed by atoms with Crippen LogP contribution in [0, 0.1) is 0 Å². The maximum atomic E-state index is 7.53. The van der Waals surface area contributed by atoms with Crippen molar-refractivity contribution in [1.29, 1.82) is 0 Å². The number of halogens is 1. The Hall–Kier alpha value is 0.400. The third-order valence-corrected chi connectivity index (χ3v) is 0. The molecule has 2 nitrogen and oxygen atoms in total. The highest BCUT2D eigenvalue weighted by Gasteiger charge is 1.73. The quantitative estimate of drug-likeness (QED) is 0.345. The second-order valence-corrected chi connectivity index (χ2v) is 1.13. The van der Waals surface area contributed by atoms with Crippen molar-refractivity contribution in [3.05, 3.63) is 0 Å². The second kappa shape index (κ2) is 1.69. The lowest BCUT2D eigenvalue weighted by atomic mass is 11.5. The lowest BCUT2D eigenvalue weighted by Gasteiger charge is -1.77. The van der Waals surface area contributed by atoms with Crippen molar-refractivity contribution in [2.45, 2.75) is 5.20 Å². The van der Waals surface area contributed by atoms with Crippen LogP contribution in [0.1, 0.15) is 0 Å². The van der Waals surface area contributed by atoms with E-state index in [0.717, 1.165) is 0 Å². The van der Waals surface area contributed by atoms with Gasteiger partial charge in [0, 0.05) is 0 Å². The molecule has 0 aliphatic carbocycles. The molecule has 0 heterocycles. The molecule has 0 aliphatic rings. The topological polar surface area (TPSA) is 40.5 Å². The van der Waals surface area contributed by atoms with Crippen molar-refractivity contribution in [3.8, 4) is 0 Å². The molecule has 0 atom stereocenters. The Balaban J connectivity index is 2.32. The molecule has 0 saturated heterocycles. The Morgan fingerprint density at radius 1 is 1.50 bits per heavy atom. The van der Waals surface area contributed by atoms with E-state index in [9.17, 15) is 0 Å². The fourth-order valence-corrected chi connectivity index (χ4v) is 0. The van der Waals surface area contributed by atoms with Crippen molar-refractivity contribution in [2.75, 3.05) is 0 Å². The molecule has 0 radical (unpaired) electrons. The third-order valence-electron chi connectivity index (χ3n) is 0. The van der Waals surface area contributed by atoms with E-state index in [0.29, 0.717) is 0 Å². The first kappa shape index (κ1) is 4.40. The van der Waals surface area contributed by atoms with Crippen molar-refractivity contribution < 1.29 is 10.2 Å². The van der Waals surface area contributed by atoms with Crippen LogP contribution in [0.25, 0.3) is 0 Å². The first-order valence-electron chi connectivity index (χ1n) is 0.735. The predicted octanol–water partition coefficient (Wildman–Crippen LogP) is -0.351. The summed E-state index contributed by atoms with van der Waals surface area (Å²) < 4.78 is 0. The monoisotopic (exact) mass is 126 g/mol. The molecule has 0 saturated carbocycles. The maximum absolute atomic E-state index is 7.53. The number of aliphatic hydroxyl groups excluding tert-OH is 1. The molecule has 3 heteroatoms. The highest BCUT2D eigenvalue weighted by molar-refractivity contribution is 9.09. The molecule has 0 bridgehead atoms. The first-order chi connectivity index (χ1) is 1.73. The summed E-state index contributed by atoms with van der Waals surface area (Å²) in [5.74, 6) is 0. The average molecular weight is 127 g/mol. The minimum Gasteiger partial charge on any atom is -0.359 e. The van der Waals surface area contributed by atoms with E-state index in [1.54, 1.807) is 0 Å². The summed E-state index contributed by atoms with van der Waals surface area (Å²) in [5.41, 5.74) is 0. The molecule has 0 amide bonds. The fraction of sp³-hybridized carbons (Fsp3) is 1.00. The number of alkyl halides is 1. The lowest BCUT2D eigenvalue weighted by molar-refractivity contribution is 0.0471. The molecule has 0 spiro atoms. The fourth-order valence-electron chi connectivity index (χ4n) is 0. The van der Waals surface area contributed by atoms with Crippen molar-refractivity contribution >= 4 is 15.9 Å². The van der Waals surface area contributed by atoms with Crippen LogP contribution in [0.3, 0.4) is 0 Å². The summed E-state index contributed by atoms with van der Waals surface area (Å²) in [6.07, 6.45) is 0. The van der Waals surface area contributed by atoms with Crippen LogP contribution in [-0.4, -0.2) is 15.4 Å². The Bertz CT molecular complexity index is 10.8. The summed E-state index contributed by atoms with van der Waals surface area (Å²) in [5, 5.41) is 13.7. The van der Waals surface area contributed by atoms with Crippen LogP contribution in [0.15, 0.2) is 0 Å². The van der Waals surface area contributed by atoms with Gasteiger partial charge in [-0.2, -0.15) is 0 Å². The smallest absolute Gasteiger partial charge is 0.210 e. The van der Waals surface area contributed by atoms with Gasteiger partial charge in [-0.05, 0) is 15.9 Å². The molecule has 2 N–H and O–H groups in total. The summed E-state index contributed by atoms with van der Waals surface area (Å²) in [7, 11) is 0. The van der Waals surface area contributed by atoms with Crippen molar-refractivity contribution in [1.82, 2.24) is 0 Å². The van der Waals surface area contributed by atoms with Crippen LogP contribution in [0.5, 0.6) is 0 Å². The van der Waals surface area contributed by atoms with Gasteiger partial charge in [0.05, 0.1) is 0 Å². The summed E-state index contributed by atoms with van der Waals surface area (Å²) in [4.78, 5) is 0. The zero-order chi connectivity index (χ0) is 3.58. The van der Waals surface area contributed by atoms with E-state index in [1.807, 2.05) is 0 Å². The van der Waals surface area contributed by atoms with Gasteiger partial charge in [0.1, 0.15) is 0 Å². The van der Waals surface area contributed by atoms with E-state index in [-0.39, 0.29) is 0 Å². The number of aliphatic hydroxyl groups is 2. The summed E-state index contributed by atoms with van der Waals surface area (Å²) >= 11 is 2.38. The van der Waals surface area contributed by atoms with Gasteiger partial charge in [-0.1, -0.05) is 0 Å². The average Bonchev–Trinajstić information content (AvgIpc) is 0.811. The molecule has 0 aromatic heterocycles. The molecule has 0 aromatic carbocycles. The normalized spacial score (nSPS) is 9.00. The molecule has 0 rings (SSSR count). The van der Waals surface area contributed by atoms with Gasteiger partial charge >= 0.3 is 0 Å². The first-order valence-corrected chi connectivity index (χ1v) is 1.65. The lowest BCUT2D eigenvalue weighted by Crippen LogP contribution is -1.85. The van der Waals surface area contributed by atoms with Crippen LogP contribution in [0.2, 0.25) is 0 Å². The van der Waals surface area contributed by atoms with Gasteiger partial charge in [0.15, 0.2) is 0 Å². The van der Waals surface area contributed by atoms with E-state index in [4.69, 9.17) is 10.2 Å². The minimum absolute atomic E-state index is 1.35. The van der Waals surface area contributed by atoms with Gasteiger partial charge in [-0.25, -0.2) is 0 Å². The zero-order valence-electron chi connectivity index (χ0n) is 1.85. The Labute approximate surface area is 32.2 Å². The van der Waals surface area contributed by atoms with Gasteiger partial charge in [0.25, 0.3) is 0 Å². The van der Waals surface area contributed by atoms with Crippen LogP contribution in [-0.2, 0) is 0 Å². The van der Waals surface area contributed by atoms with Gasteiger partial charge in [-0.3, -0.25) is 0 Å². The predicted molar refractivity (Wildman–Crippen MR) is 17.2 cm³/mol. The second-order valence-electron chi connectivity index (χ2n) is 0.311. The minimum atomic E-state index is -1.35. The van der Waals surface area contributed by atoms with E-state index >= 15 is 0 Å².